The Labute approximate surface area is 208 Å². The van der Waals surface area contributed by atoms with Gasteiger partial charge in [-0.15, -0.1) is 10.2 Å². The molecule has 8 nitrogen and oxygen atoms in total. The molecule has 0 aliphatic carbocycles. The van der Waals surface area contributed by atoms with Crippen LogP contribution in [0, 0.1) is 22.7 Å². The molecule has 36 heavy (non-hydrogen) atoms. The molecular weight excluding hydrogens is 500 g/mol. The molecule has 186 valence electrons. The molecule has 2 fully saturated rings. The third-order valence-corrected chi connectivity index (χ3v) is 7.06. The summed E-state index contributed by atoms with van der Waals surface area (Å²) in [6, 6.07) is 10.0. The van der Waals surface area contributed by atoms with E-state index >= 15 is 0 Å². The van der Waals surface area contributed by atoms with Crippen molar-refractivity contribution in [3.63, 3.8) is 0 Å². The first-order valence-corrected chi connectivity index (χ1v) is 11.6. The molecule has 1 aromatic carbocycles. The first-order chi connectivity index (χ1) is 17.1. The Kier molecular flexibility index (Phi) is 5.14. The highest BCUT2D eigenvalue weighted by Crippen LogP contribution is 2.44. The van der Waals surface area contributed by atoms with E-state index in [0.29, 0.717) is 60.0 Å². The van der Waals surface area contributed by atoms with Gasteiger partial charge in [0, 0.05) is 43.2 Å². The van der Waals surface area contributed by atoms with Crippen molar-refractivity contribution in [2.75, 3.05) is 42.5 Å². The lowest BCUT2D eigenvalue weighted by molar-refractivity contribution is -0.148. The number of nitriles is 1. The minimum absolute atomic E-state index is 0.00148. The molecule has 3 aromatic rings. The Bertz CT molecular complexity index is 1380. The highest BCUT2D eigenvalue weighted by atomic mass is 35.5. The van der Waals surface area contributed by atoms with Gasteiger partial charge in [-0.05, 0) is 35.9 Å². The van der Waals surface area contributed by atoms with Gasteiger partial charge in [-0.1, -0.05) is 11.6 Å². The second-order valence-corrected chi connectivity index (χ2v) is 10.1. The predicted molar refractivity (Wildman–Crippen MR) is 122 cm³/mol. The van der Waals surface area contributed by atoms with Gasteiger partial charge in [0.1, 0.15) is 17.5 Å². The van der Waals surface area contributed by atoms with E-state index in [1.807, 2.05) is 9.47 Å². The zero-order chi connectivity index (χ0) is 25.2. The van der Waals surface area contributed by atoms with Crippen LogP contribution in [0.2, 0.25) is 5.02 Å². The highest BCUT2D eigenvalue weighted by molar-refractivity contribution is 6.30. The molecule has 6 rings (SSSR count). The molecule has 3 aliphatic heterocycles. The summed E-state index contributed by atoms with van der Waals surface area (Å²) in [6.45, 7) is 1.73. The number of hydrogen-bond acceptors (Lipinski definition) is 7. The zero-order valence-electron chi connectivity index (χ0n) is 18.8. The SMILES string of the molecule is N#Cc1ccc(N2CC3(C2)CN(c2nnc4n2-c2ccc(Cl)cc2CN(CC(F)(F)F)C4)C3)nc1F. The van der Waals surface area contributed by atoms with Crippen LogP contribution >= 0.6 is 11.6 Å². The van der Waals surface area contributed by atoms with Crippen LogP contribution in [0.1, 0.15) is 17.0 Å². The predicted octanol–water partition coefficient (Wildman–Crippen LogP) is 3.53. The maximum atomic E-state index is 13.9. The van der Waals surface area contributed by atoms with E-state index in [9.17, 15) is 17.6 Å². The van der Waals surface area contributed by atoms with Crippen LogP contribution < -0.4 is 9.80 Å². The lowest BCUT2D eigenvalue weighted by Gasteiger charge is -2.60. The molecule has 0 saturated carbocycles. The lowest BCUT2D eigenvalue weighted by Crippen LogP contribution is -2.73. The number of aromatic nitrogens is 4. The van der Waals surface area contributed by atoms with Crippen molar-refractivity contribution in [2.24, 2.45) is 5.41 Å². The minimum atomic E-state index is -4.34. The van der Waals surface area contributed by atoms with Gasteiger partial charge in [0.25, 0.3) is 0 Å². The summed E-state index contributed by atoms with van der Waals surface area (Å²) in [7, 11) is 0. The summed E-state index contributed by atoms with van der Waals surface area (Å²) in [5.74, 6) is 0.718. The van der Waals surface area contributed by atoms with Crippen molar-refractivity contribution in [3.8, 4) is 11.8 Å². The molecule has 0 radical (unpaired) electrons. The highest BCUT2D eigenvalue weighted by Gasteiger charge is 2.53. The summed E-state index contributed by atoms with van der Waals surface area (Å²) in [4.78, 5) is 9.19. The maximum Gasteiger partial charge on any atom is 0.401 e. The Morgan fingerprint density at radius 2 is 1.78 bits per heavy atom. The molecule has 5 heterocycles. The number of alkyl halides is 3. The molecule has 0 amide bonds. The van der Waals surface area contributed by atoms with Gasteiger partial charge < -0.3 is 9.80 Å². The Morgan fingerprint density at radius 1 is 1.03 bits per heavy atom. The van der Waals surface area contributed by atoms with Crippen LogP contribution in [0.4, 0.5) is 29.3 Å². The smallest absolute Gasteiger partial charge is 0.355 e. The molecule has 0 bridgehead atoms. The van der Waals surface area contributed by atoms with Crippen LogP contribution in [0.5, 0.6) is 0 Å². The monoisotopic (exact) mass is 518 g/mol. The Balaban J connectivity index is 1.22. The van der Waals surface area contributed by atoms with Crippen LogP contribution in [-0.2, 0) is 13.1 Å². The van der Waals surface area contributed by atoms with Crippen molar-refractivity contribution in [2.45, 2.75) is 19.3 Å². The average Bonchev–Trinajstić information content (AvgIpc) is 3.07. The third kappa shape index (κ3) is 3.92. The fourth-order valence-electron chi connectivity index (χ4n) is 5.34. The van der Waals surface area contributed by atoms with Crippen molar-refractivity contribution in [3.05, 3.63) is 58.3 Å². The van der Waals surface area contributed by atoms with E-state index in [0.717, 1.165) is 0 Å². The zero-order valence-corrected chi connectivity index (χ0v) is 19.6. The van der Waals surface area contributed by atoms with Crippen LogP contribution in [0.3, 0.4) is 0 Å². The number of hydrogen-bond donors (Lipinski definition) is 0. The van der Waals surface area contributed by atoms with Crippen LogP contribution in [0.15, 0.2) is 30.3 Å². The first-order valence-electron chi connectivity index (χ1n) is 11.2. The van der Waals surface area contributed by atoms with E-state index in [1.54, 1.807) is 30.3 Å². The molecule has 1 spiro atoms. The van der Waals surface area contributed by atoms with Gasteiger partial charge in [0.05, 0.1) is 18.8 Å². The van der Waals surface area contributed by atoms with Crippen molar-refractivity contribution in [1.82, 2.24) is 24.6 Å². The normalized spacial score (nSPS) is 18.7. The number of halogens is 5. The molecular formula is C23H19ClF4N8. The van der Waals surface area contributed by atoms with E-state index in [2.05, 4.69) is 20.1 Å². The van der Waals surface area contributed by atoms with E-state index in [4.69, 9.17) is 16.9 Å². The number of benzene rings is 1. The van der Waals surface area contributed by atoms with Gasteiger partial charge in [0.15, 0.2) is 5.82 Å². The molecule has 0 unspecified atom stereocenters. The number of nitrogens with zero attached hydrogens (tertiary/aromatic N) is 8. The molecule has 2 saturated heterocycles. The van der Waals surface area contributed by atoms with E-state index < -0.39 is 18.7 Å². The molecule has 2 aromatic heterocycles. The Morgan fingerprint density at radius 3 is 2.47 bits per heavy atom. The standard InChI is InChI=1S/C23H19ClF4N8/c24-16-2-3-17-15(5-16)7-33(13-23(26,27)28)8-19-31-32-21(36(17)19)35-11-22(12-35)9-34(10-22)18-4-1-14(6-29)20(25)30-18/h1-5H,7-13H2. The fourth-order valence-corrected chi connectivity index (χ4v) is 5.53. The van der Waals surface area contributed by atoms with Crippen molar-refractivity contribution in [1.29, 1.82) is 5.26 Å². The second kappa shape index (κ2) is 8.04. The summed E-state index contributed by atoms with van der Waals surface area (Å²) >= 11 is 6.17. The molecule has 0 atom stereocenters. The first kappa shape index (κ1) is 23.0. The fraction of sp³-hybridized carbons (Fsp3) is 0.391. The summed E-state index contributed by atoms with van der Waals surface area (Å²) in [6.07, 6.45) is -4.34. The van der Waals surface area contributed by atoms with Crippen molar-refractivity contribution < 1.29 is 17.6 Å². The molecule has 0 N–H and O–H groups in total. The number of rotatable bonds is 3. The van der Waals surface area contributed by atoms with Gasteiger partial charge >= 0.3 is 6.18 Å². The molecule has 3 aliphatic rings. The van der Waals surface area contributed by atoms with Gasteiger partial charge in [-0.2, -0.15) is 22.8 Å². The van der Waals surface area contributed by atoms with Gasteiger partial charge in [0.2, 0.25) is 11.9 Å². The number of pyridine rings is 1. The maximum absolute atomic E-state index is 13.9. The lowest BCUT2D eigenvalue weighted by atomic mass is 9.73. The number of fused-ring (bicyclic) bond motifs is 3. The Hall–Kier alpha value is -3.43. The minimum Gasteiger partial charge on any atom is -0.355 e. The topological polar surface area (TPSA) is 77.1 Å². The van der Waals surface area contributed by atoms with E-state index in [-0.39, 0.29) is 24.1 Å². The quantitative estimate of drug-likeness (QED) is 0.388. The van der Waals surface area contributed by atoms with Gasteiger partial charge in [-0.3, -0.25) is 9.47 Å². The van der Waals surface area contributed by atoms with Crippen LogP contribution in [-0.4, -0.2) is 63.5 Å². The molecule has 13 heteroatoms. The van der Waals surface area contributed by atoms with Crippen LogP contribution in [0.25, 0.3) is 5.69 Å². The summed E-state index contributed by atoms with van der Waals surface area (Å²) in [5.41, 5.74) is 1.28. The summed E-state index contributed by atoms with van der Waals surface area (Å²) in [5, 5.41) is 17.9. The largest absolute Gasteiger partial charge is 0.401 e. The number of anilines is 2. The summed E-state index contributed by atoms with van der Waals surface area (Å²) < 4.78 is 55.3. The van der Waals surface area contributed by atoms with Crippen molar-refractivity contribution >= 4 is 23.4 Å². The van der Waals surface area contributed by atoms with Gasteiger partial charge in [-0.25, -0.2) is 4.98 Å². The van der Waals surface area contributed by atoms with E-state index in [1.165, 1.54) is 11.0 Å². The average molecular weight is 519 g/mol. The second-order valence-electron chi connectivity index (χ2n) is 9.62. The third-order valence-electron chi connectivity index (χ3n) is 6.82.